The van der Waals surface area contributed by atoms with E-state index < -0.39 is 0 Å². The van der Waals surface area contributed by atoms with Crippen molar-refractivity contribution in [3.8, 4) is 0 Å². The molecular weight excluding hydrogens is 220 g/mol. The number of nitrogens with two attached hydrogens (primary N) is 1. The van der Waals surface area contributed by atoms with Crippen molar-refractivity contribution in [3.63, 3.8) is 0 Å². The molecule has 2 heteroatoms. The maximum Gasteiger partial charge on any atom is 0.0244 e. The minimum atomic E-state index is 0.376. The molecule has 1 aromatic rings. The molecule has 2 rings (SSSR count). The molecule has 1 aliphatic rings. The van der Waals surface area contributed by atoms with Crippen LogP contribution in [0.2, 0.25) is 0 Å². The zero-order valence-electron chi connectivity index (χ0n) is 11.7. The first-order valence-corrected chi connectivity index (χ1v) is 7.19. The molecule has 2 atom stereocenters. The highest BCUT2D eigenvalue weighted by molar-refractivity contribution is 5.25. The SMILES string of the molecule is Cc1ccccc1CCN(C)C1CCCCC1N. The van der Waals surface area contributed by atoms with E-state index in [9.17, 15) is 0 Å². The van der Waals surface area contributed by atoms with E-state index in [0.29, 0.717) is 12.1 Å². The Morgan fingerprint density at radius 1 is 1.22 bits per heavy atom. The van der Waals surface area contributed by atoms with E-state index in [1.54, 1.807) is 0 Å². The fourth-order valence-corrected chi connectivity index (χ4v) is 3.04. The minimum absolute atomic E-state index is 0.376. The second kappa shape index (κ2) is 6.35. The molecule has 0 aliphatic heterocycles. The second-order valence-corrected chi connectivity index (χ2v) is 5.67. The van der Waals surface area contributed by atoms with Crippen molar-refractivity contribution in [1.29, 1.82) is 0 Å². The van der Waals surface area contributed by atoms with Crippen LogP contribution in [0, 0.1) is 6.92 Å². The Labute approximate surface area is 111 Å². The summed E-state index contributed by atoms with van der Waals surface area (Å²) in [7, 11) is 2.23. The average Bonchev–Trinajstić information content (AvgIpc) is 2.38. The van der Waals surface area contributed by atoms with Crippen LogP contribution in [-0.2, 0) is 6.42 Å². The summed E-state index contributed by atoms with van der Waals surface area (Å²) < 4.78 is 0. The van der Waals surface area contributed by atoms with Gasteiger partial charge in [0.25, 0.3) is 0 Å². The largest absolute Gasteiger partial charge is 0.326 e. The quantitative estimate of drug-likeness (QED) is 0.885. The normalized spacial score (nSPS) is 24.4. The van der Waals surface area contributed by atoms with Gasteiger partial charge in [0.05, 0.1) is 0 Å². The van der Waals surface area contributed by atoms with Crippen LogP contribution in [0.1, 0.15) is 36.8 Å². The summed E-state index contributed by atoms with van der Waals surface area (Å²) in [6, 6.07) is 9.64. The smallest absolute Gasteiger partial charge is 0.0244 e. The number of benzene rings is 1. The van der Waals surface area contributed by atoms with Crippen LogP contribution >= 0.6 is 0 Å². The third kappa shape index (κ3) is 3.33. The lowest BCUT2D eigenvalue weighted by Gasteiger charge is -2.36. The molecule has 0 spiro atoms. The highest BCUT2D eigenvalue weighted by atomic mass is 15.1. The van der Waals surface area contributed by atoms with Crippen molar-refractivity contribution in [2.75, 3.05) is 13.6 Å². The van der Waals surface area contributed by atoms with Crippen LogP contribution in [0.3, 0.4) is 0 Å². The maximum absolute atomic E-state index is 6.24. The van der Waals surface area contributed by atoms with Crippen LogP contribution in [0.4, 0.5) is 0 Å². The molecule has 100 valence electrons. The van der Waals surface area contributed by atoms with Gasteiger partial charge in [-0.1, -0.05) is 37.1 Å². The van der Waals surface area contributed by atoms with Gasteiger partial charge in [-0.25, -0.2) is 0 Å². The van der Waals surface area contributed by atoms with Gasteiger partial charge in [0.2, 0.25) is 0 Å². The van der Waals surface area contributed by atoms with E-state index >= 15 is 0 Å². The summed E-state index contributed by atoms with van der Waals surface area (Å²) in [6.45, 7) is 3.31. The fourth-order valence-electron chi connectivity index (χ4n) is 3.04. The van der Waals surface area contributed by atoms with E-state index in [4.69, 9.17) is 5.73 Å². The highest BCUT2D eigenvalue weighted by Crippen LogP contribution is 2.21. The number of hydrogen-bond donors (Lipinski definition) is 1. The molecule has 2 unspecified atom stereocenters. The molecule has 0 saturated heterocycles. The van der Waals surface area contributed by atoms with Gasteiger partial charge in [-0.3, -0.25) is 0 Å². The molecular formula is C16H26N2. The molecule has 2 nitrogen and oxygen atoms in total. The van der Waals surface area contributed by atoms with Crippen molar-refractivity contribution < 1.29 is 0 Å². The molecule has 0 amide bonds. The Bertz CT molecular complexity index is 375. The summed E-state index contributed by atoms with van der Waals surface area (Å²) in [4.78, 5) is 2.47. The van der Waals surface area contributed by atoms with Crippen LogP contribution in [0.15, 0.2) is 24.3 Å². The standard InChI is InChI=1S/C16H26N2/c1-13-7-3-4-8-14(13)11-12-18(2)16-10-6-5-9-15(16)17/h3-4,7-8,15-16H,5-6,9-12,17H2,1-2H3. The molecule has 1 aliphatic carbocycles. The topological polar surface area (TPSA) is 29.3 Å². The third-order valence-corrected chi connectivity index (χ3v) is 4.34. The lowest BCUT2D eigenvalue weighted by molar-refractivity contribution is 0.170. The molecule has 0 radical (unpaired) electrons. The Morgan fingerprint density at radius 3 is 2.67 bits per heavy atom. The lowest BCUT2D eigenvalue weighted by atomic mass is 9.90. The maximum atomic E-state index is 6.24. The van der Waals surface area contributed by atoms with Gasteiger partial charge in [0.15, 0.2) is 0 Å². The Kier molecular flexibility index (Phi) is 4.79. The van der Waals surface area contributed by atoms with Crippen molar-refractivity contribution in [3.05, 3.63) is 35.4 Å². The van der Waals surface area contributed by atoms with Crippen molar-refractivity contribution in [1.82, 2.24) is 4.90 Å². The molecule has 0 bridgehead atoms. The van der Waals surface area contributed by atoms with E-state index in [2.05, 4.69) is 43.1 Å². The molecule has 2 N–H and O–H groups in total. The lowest BCUT2D eigenvalue weighted by Crippen LogP contribution is -2.48. The summed E-state index contributed by atoms with van der Waals surface area (Å²) in [5.41, 5.74) is 9.11. The number of aryl methyl sites for hydroxylation is 1. The molecule has 1 saturated carbocycles. The molecule has 18 heavy (non-hydrogen) atoms. The van der Waals surface area contributed by atoms with Gasteiger partial charge < -0.3 is 10.6 Å². The number of rotatable bonds is 4. The van der Waals surface area contributed by atoms with Gasteiger partial charge >= 0.3 is 0 Å². The zero-order chi connectivity index (χ0) is 13.0. The molecule has 1 aromatic carbocycles. The number of likely N-dealkylation sites (N-methyl/N-ethyl adjacent to an activating group) is 1. The Balaban J connectivity index is 1.88. The highest BCUT2D eigenvalue weighted by Gasteiger charge is 2.24. The molecule has 1 fully saturated rings. The van der Waals surface area contributed by atoms with Crippen LogP contribution in [-0.4, -0.2) is 30.6 Å². The van der Waals surface area contributed by atoms with E-state index in [-0.39, 0.29) is 0 Å². The van der Waals surface area contributed by atoms with Crippen molar-refractivity contribution in [2.24, 2.45) is 5.73 Å². The van der Waals surface area contributed by atoms with Crippen molar-refractivity contribution >= 4 is 0 Å². The fraction of sp³-hybridized carbons (Fsp3) is 0.625. The van der Waals surface area contributed by atoms with Gasteiger partial charge in [-0.2, -0.15) is 0 Å². The Morgan fingerprint density at radius 2 is 1.94 bits per heavy atom. The summed E-state index contributed by atoms with van der Waals surface area (Å²) in [5, 5.41) is 0. The average molecular weight is 246 g/mol. The van der Waals surface area contributed by atoms with Gasteiger partial charge in [0, 0.05) is 18.6 Å². The van der Waals surface area contributed by atoms with Crippen molar-refractivity contribution in [2.45, 2.75) is 51.1 Å². The van der Waals surface area contributed by atoms with Gasteiger partial charge in [-0.15, -0.1) is 0 Å². The summed E-state index contributed by atoms with van der Waals surface area (Å²) in [6.07, 6.45) is 6.24. The van der Waals surface area contributed by atoms with Gasteiger partial charge in [0.1, 0.15) is 0 Å². The van der Waals surface area contributed by atoms with Crippen LogP contribution in [0.25, 0.3) is 0 Å². The second-order valence-electron chi connectivity index (χ2n) is 5.67. The zero-order valence-corrected chi connectivity index (χ0v) is 11.7. The van der Waals surface area contributed by atoms with Crippen LogP contribution < -0.4 is 5.73 Å². The first-order valence-electron chi connectivity index (χ1n) is 7.19. The monoisotopic (exact) mass is 246 g/mol. The predicted octanol–water partition coefficient (Wildman–Crippen LogP) is 2.74. The number of hydrogen-bond acceptors (Lipinski definition) is 2. The first kappa shape index (κ1) is 13.6. The first-order chi connectivity index (χ1) is 8.68. The summed E-state index contributed by atoms with van der Waals surface area (Å²) >= 11 is 0. The minimum Gasteiger partial charge on any atom is -0.326 e. The summed E-state index contributed by atoms with van der Waals surface area (Å²) in [5.74, 6) is 0. The molecule has 0 aromatic heterocycles. The van der Waals surface area contributed by atoms with E-state index in [1.165, 1.54) is 36.8 Å². The number of nitrogens with zero attached hydrogens (tertiary/aromatic N) is 1. The predicted molar refractivity (Wildman–Crippen MR) is 77.7 cm³/mol. The Hall–Kier alpha value is -0.860. The van der Waals surface area contributed by atoms with E-state index in [0.717, 1.165) is 13.0 Å². The van der Waals surface area contributed by atoms with E-state index in [1.807, 2.05) is 0 Å². The third-order valence-electron chi connectivity index (χ3n) is 4.34. The van der Waals surface area contributed by atoms with Gasteiger partial charge in [-0.05, 0) is 44.4 Å². The van der Waals surface area contributed by atoms with Crippen LogP contribution in [0.5, 0.6) is 0 Å². The molecule has 0 heterocycles.